The third kappa shape index (κ3) is 3.29. The first-order chi connectivity index (χ1) is 8.18. The molecule has 0 amide bonds. The number of ether oxygens (including phenoxy) is 1. The van der Waals surface area contributed by atoms with E-state index in [1.165, 1.54) is 26.2 Å². The zero-order valence-corrected chi connectivity index (χ0v) is 12.5. The lowest BCUT2D eigenvalue weighted by Gasteiger charge is -2.19. The number of hydrogen-bond acceptors (Lipinski definition) is 4. The molecule has 0 bridgehead atoms. The normalized spacial score (nSPS) is 15.2. The van der Waals surface area contributed by atoms with Gasteiger partial charge < -0.3 is 9.84 Å². The maximum Gasteiger partial charge on any atom is 0.152 e. The van der Waals surface area contributed by atoms with E-state index in [-0.39, 0.29) is 15.6 Å². The van der Waals surface area contributed by atoms with E-state index >= 15 is 0 Å². The Labute approximate surface area is 116 Å². The van der Waals surface area contributed by atoms with Crippen molar-refractivity contribution in [2.24, 2.45) is 0 Å². The van der Waals surface area contributed by atoms with Gasteiger partial charge in [0.2, 0.25) is 0 Å². The van der Waals surface area contributed by atoms with Crippen LogP contribution < -0.4 is 4.74 Å². The van der Waals surface area contributed by atoms with Crippen LogP contribution in [-0.2, 0) is 9.84 Å². The predicted octanol–water partition coefficient (Wildman–Crippen LogP) is 2.47. The van der Waals surface area contributed by atoms with Gasteiger partial charge in [0.15, 0.2) is 9.84 Å². The van der Waals surface area contributed by atoms with Crippen molar-refractivity contribution in [1.29, 1.82) is 0 Å². The second-order valence-corrected chi connectivity index (χ2v) is 7.20. The molecule has 0 aromatic heterocycles. The van der Waals surface area contributed by atoms with Gasteiger partial charge in [0.05, 0.1) is 28.5 Å². The van der Waals surface area contributed by atoms with Crippen LogP contribution in [0.5, 0.6) is 5.75 Å². The number of aliphatic hydroxyl groups excluding tert-OH is 1. The fraction of sp³-hybridized carbons (Fsp3) is 0.455. The Balaban J connectivity index is 3.22. The van der Waals surface area contributed by atoms with E-state index in [0.717, 1.165) is 6.26 Å². The van der Waals surface area contributed by atoms with Crippen molar-refractivity contribution in [2.45, 2.75) is 18.3 Å². The minimum atomic E-state index is -3.38. The molecular weight excluding hydrogens is 299 g/mol. The summed E-state index contributed by atoms with van der Waals surface area (Å²) in [6.45, 7) is 1.41. The Bertz CT molecular complexity index is 542. The first-order valence-electron chi connectivity index (χ1n) is 5.08. The molecule has 4 nitrogen and oxygen atoms in total. The van der Waals surface area contributed by atoms with E-state index in [4.69, 9.17) is 27.9 Å². The highest BCUT2D eigenvalue weighted by atomic mass is 35.5. The first-order valence-corrected chi connectivity index (χ1v) is 7.79. The molecule has 0 saturated carbocycles. The molecule has 0 aliphatic heterocycles. The number of benzene rings is 1. The maximum atomic E-state index is 11.4. The van der Waals surface area contributed by atoms with Crippen LogP contribution in [0.4, 0.5) is 0 Å². The summed E-state index contributed by atoms with van der Waals surface area (Å²) < 4.78 is 27.8. The number of methoxy groups -OCH3 is 1. The van der Waals surface area contributed by atoms with Crippen LogP contribution in [0, 0.1) is 0 Å². The fourth-order valence-electron chi connectivity index (χ4n) is 1.41. The number of halogens is 2. The van der Waals surface area contributed by atoms with E-state index in [2.05, 4.69) is 0 Å². The van der Waals surface area contributed by atoms with E-state index < -0.39 is 21.2 Å². The molecule has 18 heavy (non-hydrogen) atoms. The molecule has 0 aliphatic rings. The molecule has 1 aromatic carbocycles. The third-order valence-corrected chi connectivity index (χ3v) is 4.94. The number of aliphatic hydroxyl groups is 1. The standard InChI is InChI=1S/C11H14Cl2O4S/c1-6(18(3,15)16)11(14)7-4-9(13)10(17-2)5-8(7)12/h4-6,11,14H,1-3H3. The van der Waals surface area contributed by atoms with Crippen LogP contribution in [0.2, 0.25) is 10.0 Å². The zero-order valence-electron chi connectivity index (χ0n) is 10.1. The maximum absolute atomic E-state index is 11.4. The van der Waals surface area contributed by atoms with Crippen molar-refractivity contribution < 1.29 is 18.3 Å². The van der Waals surface area contributed by atoms with Crippen molar-refractivity contribution in [1.82, 2.24) is 0 Å². The van der Waals surface area contributed by atoms with Gasteiger partial charge in [0.25, 0.3) is 0 Å². The van der Waals surface area contributed by atoms with Gasteiger partial charge in [0, 0.05) is 17.9 Å². The summed E-state index contributed by atoms with van der Waals surface area (Å²) in [5.41, 5.74) is 0.264. The van der Waals surface area contributed by atoms with Gasteiger partial charge in [-0.1, -0.05) is 23.2 Å². The van der Waals surface area contributed by atoms with Gasteiger partial charge in [-0.15, -0.1) is 0 Å². The van der Waals surface area contributed by atoms with Crippen molar-refractivity contribution in [3.05, 3.63) is 27.7 Å². The molecular formula is C11H14Cl2O4S. The summed E-state index contributed by atoms with van der Waals surface area (Å²) in [4.78, 5) is 0. The fourth-order valence-corrected chi connectivity index (χ4v) is 2.54. The summed E-state index contributed by atoms with van der Waals surface area (Å²) in [6.07, 6.45) is -0.184. The SMILES string of the molecule is COc1cc(Cl)c(C(O)C(C)S(C)(=O)=O)cc1Cl. The molecule has 0 aliphatic carbocycles. The van der Waals surface area contributed by atoms with Gasteiger partial charge in [-0.2, -0.15) is 0 Å². The quantitative estimate of drug-likeness (QED) is 0.927. The van der Waals surface area contributed by atoms with Crippen molar-refractivity contribution in [3.8, 4) is 5.75 Å². The average molecular weight is 313 g/mol. The Hall–Kier alpha value is -0.490. The molecule has 2 unspecified atom stereocenters. The van der Waals surface area contributed by atoms with Crippen LogP contribution >= 0.6 is 23.2 Å². The predicted molar refractivity (Wildman–Crippen MR) is 72.3 cm³/mol. The molecule has 0 fully saturated rings. The van der Waals surface area contributed by atoms with E-state index in [1.807, 2.05) is 0 Å². The Kier molecular flexibility index (Phi) is 4.89. The molecule has 1 rings (SSSR count). The lowest BCUT2D eigenvalue weighted by molar-refractivity contribution is 0.176. The Morgan fingerprint density at radius 3 is 2.28 bits per heavy atom. The van der Waals surface area contributed by atoms with Crippen LogP contribution in [0.15, 0.2) is 12.1 Å². The minimum absolute atomic E-state index is 0.208. The summed E-state index contributed by atoms with van der Waals surface area (Å²) in [5.74, 6) is 0.365. The van der Waals surface area contributed by atoms with Gasteiger partial charge in [-0.3, -0.25) is 0 Å². The van der Waals surface area contributed by atoms with Crippen molar-refractivity contribution >= 4 is 33.0 Å². The van der Waals surface area contributed by atoms with E-state index in [1.54, 1.807) is 0 Å². The molecule has 0 saturated heterocycles. The van der Waals surface area contributed by atoms with Gasteiger partial charge >= 0.3 is 0 Å². The number of rotatable bonds is 4. The Morgan fingerprint density at radius 1 is 1.28 bits per heavy atom. The Morgan fingerprint density at radius 2 is 1.83 bits per heavy atom. The van der Waals surface area contributed by atoms with Gasteiger partial charge in [0.1, 0.15) is 5.75 Å². The molecule has 1 aromatic rings. The molecule has 102 valence electrons. The third-order valence-electron chi connectivity index (χ3n) is 2.71. The average Bonchev–Trinajstić information content (AvgIpc) is 2.28. The molecule has 0 heterocycles. The number of hydrogen-bond donors (Lipinski definition) is 1. The highest BCUT2D eigenvalue weighted by Gasteiger charge is 2.27. The first kappa shape index (κ1) is 15.6. The van der Waals surface area contributed by atoms with Crippen LogP contribution in [0.25, 0.3) is 0 Å². The van der Waals surface area contributed by atoms with Crippen LogP contribution in [0.3, 0.4) is 0 Å². The topological polar surface area (TPSA) is 63.6 Å². The van der Waals surface area contributed by atoms with Gasteiger partial charge in [-0.05, 0) is 13.0 Å². The summed E-state index contributed by atoms with van der Waals surface area (Å²) in [5, 5.41) is 9.53. The highest BCUT2D eigenvalue weighted by molar-refractivity contribution is 7.91. The lowest BCUT2D eigenvalue weighted by atomic mass is 10.1. The second-order valence-electron chi connectivity index (χ2n) is 3.99. The summed E-state index contributed by atoms with van der Waals surface area (Å²) >= 11 is 11.9. The van der Waals surface area contributed by atoms with E-state index in [9.17, 15) is 13.5 Å². The molecule has 0 spiro atoms. The minimum Gasteiger partial charge on any atom is -0.495 e. The van der Waals surface area contributed by atoms with Crippen molar-refractivity contribution in [3.63, 3.8) is 0 Å². The largest absolute Gasteiger partial charge is 0.495 e. The van der Waals surface area contributed by atoms with Gasteiger partial charge in [-0.25, -0.2) is 8.42 Å². The monoisotopic (exact) mass is 312 g/mol. The molecule has 2 atom stereocenters. The van der Waals surface area contributed by atoms with E-state index in [0.29, 0.717) is 5.75 Å². The van der Waals surface area contributed by atoms with Crippen molar-refractivity contribution in [2.75, 3.05) is 13.4 Å². The smallest absolute Gasteiger partial charge is 0.152 e. The number of sulfone groups is 1. The molecule has 7 heteroatoms. The molecule has 1 N–H and O–H groups in total. The second kappa shape index (κ2) is 5.65. The van der Waals surface area contributed by atoms with Crippen LogP contribution in [0.1, 0.15) is 18.6 Å². The molecule has 0 radical (unpaired) electrons. The summed E-state index contributed by atoms with van der Waals surface area (Å²) in [6, 6.07) is 2.85. The zero-order chi connectivity index (χ0) is 14.1. The highest BCUT2D eigenvalue weighted by Crippen LogP contribution is 2.35. The van der Waals surface area contributed by atoms with Crippen LogP contribution in [-0.4, -0.2) is 32.1 Å². The summed E-state index contributed by atoms with van der Waals surface area (Å²) in [7, 11) is -1.94. The lowest BCUT2D eigenvalue weighted by Crippen LogP contribution is -2.24.